The molecule has 2 fully saturated rings. The summed E-state index contributed by atoms with van der Waals surface area (Å²) in [5, 5.41) is 10.7. The Hall–Kier alpha value is -1.30. The highest BCUT2D eigenvalue weighted by Crippen LogP contribution is 2.35. The van der Waals surface area contributed by atoms with Crippen LogP contribution in [0, 0.1) is 0 Å². The normalized spacial score (nSPS) is 23.7. The number of likely N-dealkylation sites (tertiary alicyclic amines) is 1. The molecule has 0 radical (unpaired) electrons. The highest BCUT2D eigenvalue weighted by molar-refractivity contribution is 6.32. The van der Waals surface area contributed by atoms with Gasteiger partial charge in [0, 0.05) is 19.7 Å². The highest BCUT2D eigenvalue weighted by atomic mass is 35.5. The first-order chi connectivity index (χ1) is 11.1. The lowest BCUT2D eigenvalue weighted by molar-refractivity contribution is -0.180. The average Bonchev–Trinajstić information content (AvgIpc) is 2.57. The first kappa shape index (κ1) is 16.6. The molecule has 2 saturated heterocycles. The van der Waals surface area contributed by atoms with Crippen molar-refractivity contribution >= 4 is 17.5 Å². The Balaban J connectivity index is 1.51. The Kier molecular flexibility index (Phi) is 5.09. The van der Waals surface area contributed by atoms with Crippen LogP contribution in [0.2, 0.25) is 5.02 Å². The first-order valence-corrected chi connectivity index (χ1v) is 8.46. The lowest BCUT2D eigenvalue weighted by Crippen LogP contribution is -2.56. The van der Waals surface area contributed by atoms with Gasteiger partial charge in [0.25, 0.3) is 5.91 Å². The second-order valence-electron chi connectivity index (χ2n) is 6.17. The van der Waals surface area contributed by atoms with Gasteiger partial charge in [0.05, 0.1) is 16.7 Å². The number of benzene rings is 1. The fourth-order valence-electron chi connectivity index (χ4n) is 3.32. The number of aliphatic hydroxyl groups excluding tert-OH is 1. The van der Waals surface area contributed by atoms with Gasteiger partial charge >= 0.3 is 0 Å². The molecule has 0 saturated carbocycles. The summed E-state index contributed by atoms with van der Waals surface area (Å²) in [6.07, 6.45) is 2.60. The topological polar surface area (TPSA) is 59.0 Å². The van der Waals surface area contributed by atoms with Crippen LogP contribution in [-0.4, -0.2) is 53.9 Å². The SMILES string of the molecule is O=C(COc1ccccc1Cl)N1CCC2(CC1)OCCCC2O. The number of carbonyl (C=O) groups is 1. The van der Waals surface area contributed by atoms with Gasteiger partial charge < -0.3 is 19.5 Å². The van der Waals surface area contributed by atoms with Crippen LogP contribution in [0.25, 0.3) is 0 Å². The van der Waals surface area contributed by atoms with Crippen molar-refractivity contribution in [2.45, 2.75) is 37.4 Å². The van der Waals surface area contributed by atoms with E-state index < -0.39 is 11.7 Å². The zero-order valence-electron chi connectivity index (χ0n) is 13.0. The second kappa shape index (κ2) is 7.07. The molecule has 1 N–H and O–H groups in total. The summed E-state index contributed by atoms with van der Waals surface area (Å²) >= 11 is 6.01. The number of hydrogen-bond donors (Lipinski definition) is 1. The predicted molar refractivity (Wildman–Crippen MR) is 86.7 cm³/mol. The van der Waals surface area contributed by atoms with Gasteiger partial charge in [-0.2, -0.15) is 0 Å². The number of ether oxygens (including phenoxy) is 2. The molecule has 2 heterocycles. The van der Waals surface area contributed by atoms with E-state index >= 15 is 0 Å². The summed E-state index contributed by atoms with van der Waals surface area (Å²) < 4.78 is 11.4. The molecule has 2 aliphatic rings. The molecule has 5 nitrogen and oxygen atoms in total. The molecule has 126 valence electrons. The van der Waals surface area contributed by atoms with E-state index in [1.807, 2.05) is 12.1 Å². The van der Waals surface area contributed by atoms with Crippen LogP contribution < -0.4 is 4.74 Å². The second-order valence-corrected chi connectivity index (χ2v) is 6.58. The minimum absolute atomic E-state index is 0.0276. The summed E-state index contributed by atoms with van der Waals surface area (Å²) in [6.45, 7) is 1.84. The molecule has 1 aromatic rings. The van der Waals surface area contributed by atoms with Crippen LogP contribution in [0.4, 0.5) is 0 Å². The summed E-state index contributed by atoms with van der Waals surface area (Å²) in [7, 11) is 0. The summed E-state index contributed by atoms with van der Waals surface area (Å²) in [5.74, 6) is 0.451. The fraction of sp³-hybridized carbons (Fsp3) is 0.588. The molecule has 0 bridgehead atoms. The van der Waals surface area contributed by atoms with Crippen molar-refractivity contribution in [3.63, 3.8) is 0 Å². The minimum atomic E-state index is -0.460. The van der Waals surface area contributed by atoms with E-state index in [4.69, 9.17) is 21.1 Å². The number of aliphatic hydroxyl groups is 1. The molecule has 3 rings (SSSR count). The molecule has 1 unspecified atom stereocenters. The average molecular weight is 340 g/mol. The standard InChI is InChI=1S/C17H22ClNO4/c18-13-4-1-2-5-14(13)22-12-16(21)19-9-7-17(8-10-19)15(20)6-3-11-23-17/h1-2,4-5,15,20H,3,6-12H2. The molecule has 1 aromatic carbocycles. The van der Waals surface area contributed by atoms with Crippen molar-refractivity contribution in [1.82, 2.24) is 4.90 Å². The van der Waals surface area contributed by atoms with Crippen LogP contribution in [0.3, 0.4) is 0 Å². The van der Waals surface area contributed by atoms with Gasteiger partial charge in [-0.3, -0.25) is 4.79 Å². The minimum Gasteiger partial charge on any atom is -0.482 e. The predicted octanol–water partition coefficient (Wildman–Crippen LogP) is 2.25. The van der Waals surface area contributed by atoms with Gasteiger partial charge in [-0.1, -0.05) is 23.7 Å². The van der Waals surface area contributed by atoms with Crippen LogP contribution in [0.1, 0.15) is 25.7 Å². The molecule has 0 aromatic heterocycles. The third kappa shape index (κ3) is 3.62. The van der Waals surface area contributed by atoms with Crippen molar-refractivity contribution in [1.29, 1.82) is 0 Å². The van der Waals surface area contributed by atoms with Gasteiger partial charge in [-0.15, -0.1) is 0 Å². The first-order valence-electron chi connectivity index (χ1n) is 8.08. The largest absolute Gasteiger partial charge is 0.482 e. The summed E-state index contributed by atoms with van der Waals surface area (Å²) in [4.78, 5) is 14.1. The number of piperidine rings is 1. The van der Waals surface area contributed by atoms with Crippen molar-refractivity contribution < 1.29 is 19.4 Å². The fourth-order valence-corrected chi connectivity index (χ4v) is 3.51. The molecule has 1 spiro atoms. The van der Waals surface area contributed by atoms with Crippen molar-refractivity contribution in [2.24, 2.45) is 0 Å². The maximum Gasteiger partial charge on any atom is 0.260 e. The summed E-state index contributed by atoms with van der Waals surface area (Å²) in [6, 6.07) is 7.11. The lowest BCUT2D eigenvalue weighted by Gasteiger charge is -2.46. The zero-order chi connectivity index (χ0) is 16.3. The number of hydrogen-bond acceptors (Lipinski definition) is 4. The monoisotopic (exact) mass is 339 g/mol. The van der Waals surface area contributed by atoms with Crippen LogP contribution >= 0.6 is 11.6 Å². The lowest BCUT2D eigenvalue weighted by atomic mass is 9.82. The Labute approximate surface area is 141 Å². The number of nitrogens with zero attached hydrogens (tertiary/aromatic N) is 1. The van der Waals surface area contributed by atoms with E-state index in [0.717, 1.165) is 12.8 Å². The number of carbonyl (C=O) groups excluding carboxylic acids is 1. The van der Waals surface area contributed by atoms with Crippen LogP contribution in [-0.2, 0) is 9.53 Å². The number of rotatable bonds is 3. The number of amides is 1. The molecule has 2 aliphatic heterocycles. The molecule has 1 amide bonds. The van der Waals surface area contributed by atoms with Crippen LogP contribution in [0.15, 0.2) is 24.3 Å². The highest BCUT2D eigenvalue weighted by Gasteiger charge is 2.44. The molecular weight excluding hydrogens is 318 g/mol. The molecular formula is C17H22ClNO4. The van der Waals surface area contributed by atoms with E-state index in [2.05, 4.69) is 0 Å². The van der Waals surface area contributed by atoms with Gasteiger partial charge in [0.2, 0.25) is 0 Å². The maximum atomic E-state index is 12.3. The van der Waals surface area contributed by atoms with E-state index in [1.165, 1.54) is 0 Å². The molecule has 1 atom stereocenters. The Morgan fingerprint density at radius 2 is 2.13 bits per heavy atom. The Morgan fingerprint density at radius 1 is 1.39 bits per heavy atom. The zero-order valence-corrected chi connectivity index (χ0v) is 13.8. The summed E-state index contributed by atoms with van der Waals surface area (Å²) in [5.41, 5.74) is -0.460. The number of halogens is 1. The third-order valence-corrected chi connectivity index (χ3v) is 5.08. The van der Waals surface area contributed by atoms with E-state index in [1.54, 1.807) is 17.0 Å². The smallest absolute Gasteiger partial charge is 0.260 e. The van der Waals surface area contributed by atoms with Gasteiger partial charge in [-0.05, 0) is 37.8 Å². The molecule has 6 heteroatoms. The Bertz CT molecular complexity index is 557. The maximum absolute atomic E-state index is 12.3. The van der Waals surface area contributed by atoms with E-state index in [9.17, 15) is 9.90 Å². The van der Waals surface area contributed by atoms with Gasteiger partial charge in [-0.25, -0.2) is 0 Å². The van der Waals surface area contributed by atoms with Gasteiger partial charge in [0.15, 0.2) is 6.61 Å². The van der Waals surface area contributed by atoms with Crippen molar-refractivity contribution in [3.05, 3.63) is 29.3 Å². The van der Waals surface area contributed by atoms with E-state index in [-0.39, 0.29) is 12.5 Å². The number of para-hydroxylation sites is 1. The van der Waals surface area contributed by atoms with Crippen LogP contribution in [0.5, 0.6) is 5.75 Å². The molecule has 23 heavy (non-hydrogen) atoms. The quantitative estimate of drug-likeness (QED) is 0.917. The Morgan fingerprint density at radius 3 is 2.83 bits per heavy atom. The van der Waals surface area contributed by atoms with Gasteiger partial charge in [0.1, 0.15) is 5.75 Å². The van der Waals surface area contributed by atoms with Crippen molar-refractivity contribution in [3.8, 4) is 5.75 Å². The van der Waals surface area contributed by atoms with E-state index in [0.29, 0.717) is 43.3 Å². The molecule has 0 aliphatic carbocycles. The van der Waals surface area contributed by atoms with Crippen molar-refractivity contribution in [2.75, 3.05) is 26.3 Å². The third-order valence-electron chi connectivity index (χ3n) is 4.77.